The van der Waals surface area contributed by atoms with Crippen LogP contribution < -0.4 is 9.80 Å². The zero-order valence-corrected chi connectivity index (χ0v) is 16.4. The monoisotopic (exact) mass is 391 g/mol. The number of nitrogens with zero attached hydrogens (tertiary/aromatic N) is 7. The molecule has 0 N–H and O–H groups in total. The number of aromatic nitrogens is 5. The van der Waals surface area contributed by atoms with Gasteiger partial charge in [0.2, 0.25) is 5.91 Å². The van der Waals surface area contributed by atoms with E-state index in [0.717, 1.165) is 56.8 Å². The highest BCUT2D eigenvalue weighted by Gasteiger charge is 2.31. The van der Waals surface area contributed by atoms with Crippen molar-refractivity contribution >= 4 is 23.1 Å². The van der Waals surface area contributed by atoms with Gasteiger partial charge in [0, 0.05) is 31.2 Å². The first kappa shape index (κ1) is 18.0. The van der Waals surface area contributed by atoms with Gasteiger partial charge in [-0.05, 0) is 66.3 Å². The van der Waals surface area contributed by atoms with Gasteiger partial charge in [-0.3, -0.25) is 4.79 Å². The van der Waals surface area contributed by atoms with Crippen molar-refractivity contribution in [2.24, 2.45) is 5.92 Å². The number of para-hydroxylation sites is 1. The molecule has 1 amide bonds. The van der Waals surface area contributed by atoms with Crippen molar-refractivity contribution in [2.75, 3.05) is 29.4 Å². The van der Waals surface area contributed by atoms with Crippen LogP contribution in [0.3, 0.4) is 0 Å². The van der Waals surface area contributed by atoms with E-state index in [0.29, 0.717) is 5.65 Å². The number of piperidine rings is 1. The molecule has 0 atom stereocenters. The molecule has 2 aliphatic rings. The van der Waals surface area contributed by atoms with Gasteiger partial charge >= 0.3 is 0 Å². The number of aryl methyl sites for hydroxylation is 1. The molecule has 8 heteroatoms. The predicted octanol–water partition coefficient (Wildman–Crippen LogP) is 2.50. The highest BCUT2D eigenvalue weighted by molar-refractivity contribution is 5.96. The van der Waals surface area contributed by atoms with Gasteiger partial charge in [0.1, 0.15) is 0 Å². The fourth-order valence-electron chi connectivity index (χ4n) is 4.48. The maximum atomic E-state index is 13.4. The summed E-state index contributed by atoms with van der Waals surface area (Å²) in [5.74, 6) is 1.20. The van der Waals surface area contributed by atoms with Gasteiger partial charge in [-0.1, -0.05) is 24.6 Å². The van der Waals surface area contributed by atoms with E-state index in [-0.39, 0.29) is 11.8 Å². The maximum absolute atomic E-state index is 13.4. The van der Waals surface area contributed by atoms with Crippen LogP contribution in [0.1, 0.15) is 37.7 Å². The number of rotatable bonds is 2. The first-order valence-electron chi connectivity index (χ1n) is 10.5. The number of fused-ring (bicyclic) bond motifs is 2. The first-order chi connectivity index (χ1) is 14.3. The minimum Gasteiger partial charge on any atom is -0.355 e. The average molecular weight is 391 g/mol. The fraction of sp³-hybridized carbons (Fsp3) is 0.476. The van der Waals surface area contributed by atoms with Crippen molar-refractivity contribution in [1.82, 2.24) is 25.3 Å². The SMILES string of the molecule is O=C(C1CCN(c2ccc3nnnn3n2)CC1)N1CCCCCc2ccccc21. The molecule has 29 heavy (non-hydrogen) atoms. The molecule has 2 aliphatic heterocycles. The summed E-state index contributed by atoms with van der Waals surface area (Å²) < 4.78 is 1.45. The zero-order valence-electron chi connectivity index (χ0n) is 16.4. The Morgan fingerprint density at radius 1 is 0.966 bits per heavy atom. The lowest BCUT2D eigenvalue weighted by Gasteiger charge is -2.35. The second-order valence-corrected chi connectivity index (χ2v) is 7.91. The van der Waals surface area contributed by atoms with E-state index in [9.17, 15) is 4.79 Å². The van der Waals surface area contributed by atoms with Crippen molar-refractivity contribution < 1.29 is 4.79 Å². The van der Waals surface area contributed by atoms with E-state index in [1.54, 1.807) is 0 Å². The third kappa shape index (κ3) is 3.54. The molecule has 1 saturated heterocycles. The van der Waals surface area contributed by atoms with Crippen LogP contribution in [-0.2, 0) is 11.2 Å². The molecule has 2 aromatic heterocycles. The van der Waals surface area contributed by atoms with Crippen LogP contribution >= 0.6 is 0 Å². The number of benzene rings is 1. The molecular weight excluding hydrogens is 366 g/mol. The van der Waals surface area contributed by atoms with Gasteiger partial charge in [-0.2, -0.15) is 0 Å². The quantitative estimate of drug-likeness (QED) is 0.668. The number of amides is 1. The van der Waals surface area contributed by atoms with Gasteiger partial charge in [0.15, 0.2) is 11.5 Å². The summed E-state index contributed by atoms with van der Waals surface area (Å²) in [4.78, 5) is 17.7. The molecule has 150 valence electrons. The number of anilines is 2. The number of carbonyl (C=O) groups is 1. The molecule has 5 rings (SSSR count). The van der Waals surface area contributed by atoms with Gasteiger partial charge in [-0.15, -0.1) is 14.8 Å². The van der Waals surface area contributed by atoms with Crippen LogP contribution in [-0.4, -0.2) is 50.8 Å². The van der Waals surface area contributed by atoms with Gasteiger partial charge in [0.05, 0.1) is 0 Å². The smallest absolute Gasteiger partial charge is 0.230 e. The van der Waals surface area contributed by atoms with Crippen molar-refractivity contribution in [3.63, 3.8) is 0 Å². The molecule has 0 radical (unpaired) electrons. The van der Waals surface area contributed by atoms with Crippen molar-refractivity contribution in [1.29, 1.82) is 0 Å². The first-order valence-corrected chi connectivity index (χ1v) is 10.5. The minimum atomic E-state index is 0.0653. The third-order valence-electron chi connectivity index (χ3n) is 6.10. The molecule has 0 unspecified atom stereocenters. The number of hydrogen-bond acceptors (Lipinski definition) is 6. The van der Waals surface area contributed by atoms with Crippen LogP contribution in [0.2, 0.25) is 0 Å². The molecule has 0 aliphatic carbocycles. The standard InChI is InChI=1S/C21H25N7O/c29-21(27-13-5-1-2-6-16-7-3-4-8-18(16)27)17-11-14-26(15-12-17)20-10-9-19-22-24-25-28(19)23-20/h3-4,7-10,17H,1-2,5-6,11-15H2. The summed E-state index contributed by atoms with van der Waals surface area (Å²) in [6.07, 6.45) is 6.20. The molecule has 3 aromatic rings. The summed E-state index contributed by atoms with van der Waals surface area (Å²) in [6.45, 7) is 2.45. The van der Waals surface area contributed by atoms with Crippen LogP contribution in [0.4, 0.5) is 11.5 Å². The third-order valence-corrected chi connectivity index (χ3v) is 6.10. The van der Waals surface area contributed by atoms with E-state index < -0.39 is 0 Å². The second kappa shape index (κ2) is 7.77. The van der Waals surface area contributed by atoms with E-state index in [1.807, 2.05) is 18.2 Å². The highest BCUT2D eigenvalue weighted by Crippen LogP contribution is 2.30. The summed E-state index contributed by atoms with van der Waals surface area (Å²) in [7, 11) is 0. The molecule has 1 aromatic carbocycles. The predicted molar refractivity (Wildman–Crippen MR) is 110 cm³/mol. The Labute approximate surface area is 169 Å². The normalized spacial score (nSPS) is 18.3. The molecule has 4 heterocycles. The summed E-state index contributed by atoms with van der Waals surface area (Å²) in [5, 5.41) is 15.9. The molecular formula is C21H25N7O. The second-order valence-electron chi connectivity index (χ2n) is 7.91. The minimum absolute atomic E-state index is 0.0653. The Balaban J connectivity index is 1.29. The van der Waals surface area contributed by atoms with Gasteiger partial charge < -0.3 is 9.80 Å². The van der Waals surface area contributed by atoms with E-state index in [1.165, 1.54) is 23.0 Å². The van der Waals surface area contributed by atoms with Crippen molar-refractivity contribution in [3.05, 3.63) is 42.0 Å². The number of tetrazole rings is 1. The number of carbonyl (C=O) groups excluding carboxylic acids is 1. The zero-order chi connectivity index (χ0) is 19.6. The van der Waals surface area contributed by atoms with Crippen LogP contribution in [0.15, 0.2) is 36.4 Å². The largest absolute Gasteiger partial charge is 0.355 e. The van der Waals surface area contributed by atoms with Gasteiger partial charge in [-0.25, -0.2) is 0 Å². The average Bonchev–Trinajstić information content (AvgIpc) is 3.22. The lowest BCUT2D eigenvalue weighted by molar-refractivity contribution is -0.123. The molecule has 0 spiro atoms. The van der Waals surface area contributed by atoms with E-state index in [2.05, 4.69) is 48.6 Å². The molecule has 1 fully saturated rings. The van der Waals surface area contributed by atoms with Crippen molar-refractivity contribution in [3.8, 4) is 0 Å². The summed E-state index contributed by atoms with van der Waals surface area (Å²) in [5.41, 5.74) is 3.05. The van der Waals surface area contributed by atoms with Gasteiger partial charge in [0.25, 0.3) is 0 Å². The Morgan fingerprint density at radius 3 is 2.72 bits per heavy atom. The summed E-state index contributed by atoms with van der Waals surface area (Å²) in [6, 6.07) is 12.2. The summed E-state index contributed by atoms with van der Waals surface area (Å²) >= 11 is 0. The van der Waals surface area contributed by atoms with Crippen LogP contribution in [0.25, 0.3) is 5.65 Å². The lowest BCUT2D eigenvalue weighted by Crippen LogP contribution is -2.44. The van der Waals surface area contributed by atoms with Crippen LogP contribution in [0, 0.1) is 5.92 Å². The Kier molecular flexibility index (Phi) is 4.83. The molecule has 8 nitrogen and oxygen atoms in total. The fourth-order valence-corrected chi connectivity index (χ4v) is 4.48. The maximum Gasteiger partial charge on any atom is 0.230 e. The van der Waals surface area contributed by atoms with Crippen molar-refractivity contribution in [2.45, 2.75) is 38.5 Å². The Morgan fingerprint density at radius 2 is 1.83 bits per heavy atom. The number of hydrogen-bond donors (Lipinski definition) is 0. The van der Waals surface area contributed by atoms with E-state index in [4.69, 9.17) is 0 Å². The topological polar surface area (TPSA) is 79.5 Å². The molecule has 0 saturated carbocycles. The Hall–Kier alpha value is -3.03. The lowest BCUT2D eigenvalue weighted by atomic mass is 9.93. The van der Waals surface area contributed by atoms with E-state index >= 15 is 0 Å². The highest BCUT2D eigenvalue weighted by atomic mass is 16.2. The van der Waals surface area contributed by atoms with Crippen LogP contribution in [0.5, 0.6) is 0 Å². The molecule has 0 bridgehead atoms. The Bertz CT molecular complexity index is 1010.